The molecule has 0 aliphatic heterocycles. The molecule has 0 saturated carbocycles. The summed E-state index contributed by atoms with van der Waals surface area (Å²) in [6, 6.07) is 9.19. The van der Waals surface area contributed by atoms with E-state index in [1.807, 2.05) is 45.9 Å². The molecule has 0 aliphatic carbocycles. The number of nitrogens with one attached hydrogen (secondary N) is 1. The third-order valence-electron chi connectivity index (χ3n) is 4.40. The number of amides is 1. The summed E-state index contributed by atoms with van der Waals surface area (Å²) in [5, 5.41) is 17.7. The van der Waals surface area contributed by atoms with E-state index in [0.717, 1.165) is 29.0 Å². The van der Waals surface area contributed by atoms with Crippen molar-refractivity contribution in [3.05, 3.63) is 52.8 Å². The van der Waals surface area contributed by atoms with Crippen molar-refractivity contribution in [2.45, 2.75) is 46.2 Å². The number of rotatable bonds is 5. The maximum absolute atomic E-state index is 11.7. The molecule has 2 aromatic heterocycles. The van der Waals surface area contributed by atoms with Crippen molar-refractivity contribution in [2.24, 2.45) is 0 Å². The van der Waals surface area contributed by atoms with E-state index in [4.69, 9.17) is 11.6 Å². The van der Waals surface area contributed by atoms with Crippen LogP contribution in [-0.4, -0.2) is 31.3 Å². The number of aromatic nitrogens is 3. The maximum atomic E-state index is 11.7. The van der Waals surface area contributed by atoms with Gasteiger partial charge >= 0.3 is 6.09 Å². The standard InChI is InChI=1S/C20H24ClN5O2/c1-5-14-12-23-26-17(10-16(21)24-18(14)26)22-11-13-7-6-8-15(9-13)25(19(27)28)20(2,3)4/h6-10,12,22H,5,11H2,1-4H3,(H,27,28). The highest BCUT2D eigenvalue weighted by Gasteiger charge is 2.27. The smallest absolute Gasteiger partial charge is 0.412 e. The van der Waals surface area contributed by atoms with E-state index >= 15 is 0 Å². The van der Waals surface area contributed by atoms with Gasteiger partial charge in [0.2, 0.25) is 0 Å². The molecular weight excluding hydrogens is 378 g/mol. The molecule has 0 spiro atoms. The second kappa shape index (κ2) is 7.67. The summed E-state index contributed by atoms with van der Waals surface area (Å²) in [7, 11) is 0. The van der Waals surface area contributed by atoms with Crippen LogP contribution in [0.5, 0.6) is 0 Å². The van der Waals surface area contributed by atoms with E-state index in [1.54, 1.807) is 22.8 Å². The second-order valence-electron chi connectivity index (χ2n) is 7.54. The average molecular weight is 402 g/mol. The Bertz CT molecular complexity index is 1010. The highest BCUT2D eigenvalue weighted by atomic mass is 35.5. The minimum atomic E-state index is -0.983. The van der Waals surface area contributed by atoms with Crippen LogP contribution < -0.4 is 10.2 Å². The van der Waals surface area contributed by atoms with E-state index in [-0.39, 0.29) is 0 Å². The zero-order chi connectivity index (χ0) is 20.5. The van der Waals surface area contributed by atoms with Gasteiger partial charge in [-0.2, -0.15) is 9.61 Å². The number of fused-ring (bicyclic) bond motifs is 1. The zero-order valence-electron chi connectivity index (χ0n) is 16.4. The highest BCUT2D eigenvalue weighted by Crippen LogP contribution is 2.26. The Balaban J connectivity index is 1.87. The van der Waals surface area contributed by atoms with Crippen LogP contribution in [0.1, 0.15) is 38.8 Å². The molecule has 0 saturated heterocycles. The number of halogens is 1. The van der Waals surface area contributed by atoms with Gasteiger partial charge in [0, 0.05) is 29.4 Å². The van der Waals surface area contributed by atoms with Crippen LogP contribution in [0.2, 0.25) is 5.15 Å². The molecule has 2 heterocycles. The summed E-state index contributed by atoms with van der Waals surface area (Å²) >= 11 is 6.18. The fourth-order valence-electron chi connectivity index (χ4n) is 3.14. The summed E-state index contributed by atoms with van der Waals surface area (Å²) < 4.78 is 1.73. The van der Waals surface area contributed by atoms with Crippen molar-refractivity contribution in [1.82, 2.24) is 14.6 Å². The molecule has 0 radical (unpaired) electrons. The summed E-state index contributed by atoms with van der Waals surface area (Å²) in [5.41, 5.74) is 2.78. The summed E-state index contributed by atoms with van der Waals surface area (Å²) in [6.45, 7) is 8.13. The molecule has 1 amide bonds. The first-order valence-electron chi connectivity index (χ1n) is 9.10. The molecule has 0 atom stereocenters. The molecule has 8 heteroatoms. The molecule has 0 unspecified atom stereocenters. The highest BCUT2D eigenvalue weighted by molar-refractivity contribution is 6.29. The van der Waals surface area contributed by atoms with E-state index in [9.17, 15) is 9.90 Å². The number of hydrogen-bond acceptors (Lipinski definition) is 4. The third-order valence-corrected chi connectivity index (χ3v) is 4.59. The summed E-state index contributed by atoms with van der Waals surface area (Å²) in [6.07, 6.45) is 1.62. The lowest BCUT2D eigenvalue weighted by Gasteiger charge is -2.33. The number of anilines is 2. The summed E-state index contributed by atoms with van der Waals surface area (Å²) in [4.78, 5) is 17.4. The van der Waals surface area contributed by atoms with Crippen molar-refractivity contribution < 1.29 is 9.90 Å². The molecule has 0 fully saturated rings. The van der Waals surface area contributed by atoms with Gasteiger partial charge in [0.05, 0.1) is 6.20 Å². The third kappa shape index (κ3) is 4.04. The van der Waals surface area contributed by atoms with Crippen LogP contribution in [0.15, 0.2) is 36.5 Å². The number of carbonyl (C=O) groups is 1. The lowest BCUT2D eigenvalue weighted by Crippen LogP contribution is -2.45. The van der Waals surface area contributed by atoms with Gasteiger partial charge in [-0.1, -0.05) is 30.7 Å². The monoisotopic (exact) mass is 401 g/mol. The van der Waals surface area contributed by atoms with Crippen LogP contribution >= 0.6 is 11.6 Å². The molecule has 1 aromatic carbocycles. The molecule has 148 valence electrons. The number of aryl methyl sites for hydroxylation is 1. The van der Waals surface area contributed by atoms with Crippen molar-refractivity contribution in [3.63, 3.8) is 0 Å². The van der Waals surface area contributed by atoms with E-state index in [1.165, 1.54) is 4.90 Å². The fourth-order valence-corrected chi connectivity index (χ4v) is 3.32. The Hall–Kier alpha value is -2.80. The van der Waals surface area contributed by atoms with Gasteiger partial charge in [0.15, 0.2) is 5.65 Å². The molecular formula is C20H24ClN5O2. The first-order chi connectivity index (χ1) is 13.2. The first kappa shape index (κ1) is 19.9. The lowest BCUT2D eigenvalue weighted by atomic mass is 10.0. The number of carboxylic acid groups (broad SMARTS) is 1. The molecule has 28 heavy (non-hydrogen) atoms. The van der Waals surface area contributed by atoms with Crippen molar-refractivity contribution in [3.8, 4) is 0 Å². The topological polar surface area (TPSA) is 82.8 Å². The Kier molecular flexibility index (Phi) is 5.47. The molecule has 3 rings (SSSR count). The Morgan fingerprint density at radius 2 is 2.07 bits per heavy atom. The first-order valence-corrected chi connectivity index (χ1v) is 9.47. The van der Waals surface area contributed by atoms with Crippen LogP contribution in [0.4, 0.5) is 16.3 Å². The molecule has 0 aliphatic rings. The molecule has 7 nitrogen and oxygen atoms in total. The van der Waals surface area contributed by atoms with Crippen molar-refractivity contribution in [2.75, 3.05) is 10.2 Å². The maximum Gasteiger partial charge on any atom is 0.412 e. The van der Waals surface area contributed by atoms with Gasteiger partial charge in [-0.25, -0.2) is 9.78 Å². The van der Waals surface area contributed by atoms with Gasteiger partial charge in [-0.3, -0.25) is 4.90 Å². The predicted molar refractivity (Wildman–Crippen MR) is 111 cm³/mol. The van der Waals surface area contributed by atoms with Gasteiger partial charge in [0.1, 0.15) is 11.0 Å². The molecule has 0 bridgehead atoms. The largest absolute Gasteiger partial charge is 0.465 e. The van der Waals surface area contributed by atoms with Crippen LogP contribution in [0.25, 0.3) is 5.65 Å². The SMILES string of the molecule is CCc1cnn2c(NCc3cccc(N(C(=O)O)C(C)(C)C)c3)cc(Cl)nc12. The van der Waals surface area contributed by atoms with Gasteiger partial charge in [0.25, 0.3) is 0 Å². The van der Waals surface area contributed by atoms with Crippen LogP contribution in [0, 0.1) is 0 Å². The lowest BCUT2D eigenvalue weighted by molar-refractivity contribution is 0.195. The fraction of sp³-hybridized carbons (Fsp3) is 0.350. The minimum absolute atomic E-state index is 0.392. The molecule has 3 aromatic rings. The van der Waals surface area contributed by atoms with Gasteiger partial charge < -0.3 is 10.4 Å². The molecule has 2 N–H and O–H groups in total. The van der Waals surface area contributed by atoms with Crippen molar-refractivity contribution >= 4 is 34.8 Å². The predicted octanol–water partition coefficient (Wildman–Crippen LogP) is 4.84. The van der Waals surface area contributed by atoms with E-state index < -0.39 is 11.6 Å². The minimum Gasteiger partial charge on any atom is -0.465 e. The number of benzene rings is 1. The number of nitrogens with zero attached hydrogens (tertiary/aromatic N) is 4. The van der Waals surface area contributed by atoms with E-state index in [0.29, 0.717) is 17.4 Å². The van der Waals surface area contributed by atoms with Gasteiger partial charge in [-0.15, -0.1) is 0 Å². The Morgan fingerprint density at radius 1 is 1.32 bits per heavy atom. The average Bonchev–Trinajstić information content (AvgIpc) is 3.01. The van der Waals surface area contributed by atoms with Crippen LogP contribution in [0.3, 0.4) is 0 Å². The quantitative estimate of drug-likeness (QED) is 0.597. The van der Waals surface area contributed by atoms with Gasteiger partial charge in [-0.05, 0) is 44.9 Å². The Labute approximate surface area is 169 Å². The summed E-state index contributed by atoms with van der Waals surface area (Å²) in [5.74, 6) is 0.728. The second-order valence-corrected chi connectivity index (χ2v) is 7.92. The van der Waals surface area contributed by atoms with Crippen LogP contribution in [-0.2, 0) is 13.0 Å². The Morgan fingerprint density at radius 3 is 2.71 bits per heavy atom. The normalized spacial score (nSPS) is 11.6. The van der Waals surface area contributed by atoms with Crippen molar-refractivity contribution in [1.29, 1.82) is 0 Å². The zero-order valence-corrected chi connectivity index (χ0v) is 17.2. The van der Waals surface area contributed by atoms with E-state index in [2.05, 4.69) is 15.4 Å². The number of hydrogen-bond donors (Lipinski definition) is 2.